The first-order valence-corrected chi connectivity index (χ1v) is 15.6. The van der Waals surface area contributed by atoms with Crippen molar-refractivity contribution in [1.82, 2.24) is 35.1 Å². The SMILES string of the molecule is CN(C)CC#CC(=O)N[C@@H]1CCCN(Cc2ccnc(C(=O)Nc3ccc(-c4cc5c(N6CCOCC6)ncnc5[nH]4)cc3)c2)C1. The van der Waals surface area contributed by atoms with Gasteiger partial charge < -0.3 is 25.3 Å². The molecule has 0 spiro atoms. The maximum atomic E-state index is 13.1. The van der Waals surface area contributed by atoms with Gasteiger partial charge in [-0.2, -0.15) is 0 Å². The number of hydrogen-bond acceptors (Lipinski definition) is 9. The van der Waals surface area contributed by atoms with E-state index in [1.807, 2.05) is 55.4 Å². The fraction of sp³-hybridized carbons (Fsp3) is 0.382. The van der Waals surface area contributed by atoms with Gasteiger partial charge in [-0.1, -0.05) is 18.1 Å². The smallest absolute Gasteiger partial charge is 0.296 e. The number of fused-ring (bicyclic) bond motifs is 1. The van der Waals surface area contributed by atoms with Crippen LogP contribution in [0.1, 0.15) is 28.9 Å². The van der Waals surface area contributed by atoms with Crippen LogP contribution in [0.25, 0.3) is 22.3 Å². The van der Waals surface area contributed by atoms with Crippen LogP contribution in [0.15, 0.2) is 55.0 Å². The largest absolute Gasteiger partial charge is 0.378 e. The number of ether oxygens (including phenoxy) is 1. The number of nitrogens with zero attached hydrogens (tertiary/aromatic N) is 6. The number of aromatic nitrogens is 4. The van der Waals surface area contributed by atoms with Crippen molar-refractivity contribution >= 4 is 34.4 Å². The summed E-state index contributed by atoms with van der Waals surface area (Å²) in [6, 6.07) is 13.6. The lowest BCUT2D eigenvalue weighted by Gasteiger charge is -2.32. The highest BCUT2D eigenvalue weighted by molar-refractivity contribution is 6.03. The Labute approximate surface area is 268 Å². The Hall–Kier alpha value is -4.83. The van der Waals surface area contributed by atoms with Crippen LogP contribution in [-0.2, 0) is 16.1 Å². The molecule has 0 unspecified atom stereocenters. The molecular formula is C34H39N9O3. The molecule has 3 aromatic heterocycles. The minimum atomic E-state index is -0.272. The number of anilines is 2. The molecule has 6 rings (SSSR count). The molecule has 1 atom stereocenters. The number of hydrogen-bond donors (Lipinski definition) is 3. The average Bonchev–Trinajstić information content (AvgIpc) is 3.50. The Morgan fingerprint density at radius 3 is 2.70 bits per heavy atom. The second-order valence-electron chi connectivity index (χ2n) is 11.9. The lowest BCUT2D eigenvalue weighted by molar-refractivity contribution is -0.116. The monoisotopic (exact) mass is 621 g/mol. The molecule has 46 heavy (non-hydrogen) atoms. The van der Waals surface area contributed by atoms with Crippen LogP contribution in [0.4, 0.5) is 11.5 Å². The van der Waals surface area contributed by atoms with E-state index in [1.54, 1.807) is 12.5 Å². The van der Waals surface area contributed by atoms with Crippen molar-refractivity contribution in [2.45, 2.75) is 25.4 Å². The van der Waals surface area contributed by atoms with E-state index in [9.17, 15) is 9.59 Å². The second-order valence-corrected chi connectivity index (χ2v) is 11.9. The fourth-order valence-corrected chi connectivity index (χ4v) is 5.81. The Balaban J connectivity index is 1.05. The highest BCUT2D eigenvalue weighted by Crippen LogP contribution is 2.29. The van der Waals surface area contributed by atoms with Crippen molar-refractivity contribution in [1.29, 1.82) is 0 Å². The zero-order valence-electron chi connectivity index (χ0n) is 26.3. The summed E-state index contributed by atoms with van der Waals surface area (Å²) in [4.78, 5) is 48.5. The van der Waals surface area contributed by atoms with E-state index in [4.69, 9.17) is 4.74 Å². The maximum Gasteiger partial charge on any atom is 0.296 e. The molecule has 2 fully saturated rings. The number of aromatic amines is 1. The number of carbonyl (C=O) groups is 2. The first-order valence-electron chi connectivity index (χ1n) is 15.6. The van der Waals surface area contributed by atoms with Gasteiger partial charge in [0.15, 0.2) is 0 Å². The second kappa shape index (κ2) is 14.5. The number of benzene rings is 1. The van der Waals surface area contributed by atoms with Crippen molar-refractivity contribution in [3.8, 4) is 23.1 Å². The molecule has 2 aliphatic rings. The molecule has 4 aromatic rings. The Bertz CT molecular complexity index is 1740. The van der Waals surface area contributed by atoms with Crippen LogP contribution < -0.4 is 15.5 Å². The molecule has 2 amide bonds. The highest BCUT2D eigenvalue weighted by atomic mass is 16.5. The summed E-state index contributed by atoms with van der Waals surface area (Å²) >= 11 is 0. The number of pyridine rings is 1. The molecule has 0 saturated carbocycles. The van der Waals surface area contributed by atoms with Gasteiger partial charge in [0.1, 0.15) is 23.5 Å². The van der Waals surface area contributed by atoms with E-state index in [0.717, 1.165) is 72.7 Å². The molecule has 3 N–H and O–H groups in total. The molecular weight excluding hydrogens is 582 g/mol. The van der Waals surface area contributed by atoms with Crippen molar-refractivity contribution in [3.05, 3.63) is 66.2 Å². The Morgan fingerprint density at radius 1 is 1.07 bits per heavy atom. The molecule has 0 bridgehead atoms. The number of nitrogens with one attached hydrogen (secondary N) is 3. The van der Waals surface area contributed by atoms with Gasteiger partial charge in [-0.15, -0.1) is 0 Å². The molecule has 12 nitrogen and oxygen atoms in total. The highest BCUT2D eigenvalue weighted by Gasteiger charge is 2.22. The molecule has 2 saturated heterocycles. The molecule has 238 valence electrons. The number of H-pyrrole nitrogens is 1. The van der Waals surface area contributed by atoms with Gasteiger partial charge in [-0.3, -0.25) is 24.4 Å². The normalized spacial score (nSPS) is 17.0. The molecule has 1 aromatic carbocycles. The van der Waals surface area contributed by atoms with Crippen LogP contribution in [0.2, 0.25) is 0 Å². The van der Waals surface area contributed by atoms with E-state index in [2.05, 4.69) is 58.3 Å². The Morgan fingerprint density at radius 2 is 1.89 bits per heavy atom. The molecule has 12 heteroatoms. The third-order valence-corrected chi connectivity index (χ3v) is 8.07. The molecule has 5 heterocycles. The predicted octanol–water partition coefficient (Wildman–Crippen LogP) is 2.75. The quantitative estimate of drug-likeness (QED) is 0.254. The Kier molecular flexibility index (Phi) is 9.83. The summed E-state index contributed by atoms with van der Waals surface area (Å²) in [6.07, 6.45) is 5.15. The first kappa shape index (κ1) is 31.2. The zero-order chi connectivity index (χ0) is 31.9. The van der Waals surface area contributed by atoms with E-state index < -0.39 is 0 Å². The third-order valence-electron chi connectivity index (χ3n) is 8.07. The van der Waals surface area contributed by atoms with Gasteiger partial charge in [0.2, 0.25) is 0 Å². The van der Waals surface area contributed by atoms with Crippen molar-refractivity contribution in [2.75, 3.05) is 70.2 Å². The van der Waals surface area contributed by atoms with E-state index in [1.165, 1.54) is 0 Å². The van der Waals surface area contributed by atoms with Gasteiger partial charge in [-0.25, -0.2) is 9.97 Å². The van der Waals surface area contributed by atoms with Crippen LogP contribution in [-0.4, -0.2) is 108 Å². The van der Waals surface area contributed by atoms with Crippen LogP contribution in [0.5, 0.6) is 0 Å². The topological polar surface area (TPSA) is 132 Å². The summed E-state index contributed by atoms with van der Waals surface area (Å²) in [5, 5.41) is 6.98. The molecule has 0 radical (unpaired) electrons. The van der Waals surface area contributed by atoms with E-state index in [-0.39, 0.29) is 17.9 Å². The average molecular weight is 622 g/mol. The molecule has 2 aliphatic heterocycles. The maximum absolute atomic E-state index is 13.1. The summed E-state index contributed by atoms with van der Waals surface area (Å²) in [5.41, 5.74) is 4.70. The third kappa shape index (κ3) is 7.87. The van der Waals surface area contributed by atoms with Crippen molar-refractivity contribution in [3.63, 3.8) is 0 Å². The number of likely N-dealkylation sites (tertiary alicyclic amines) is 1. The lowest BCUT2D eigenvalue weighted by Crippen LogP contribution is -2.47. The van der Waals surface area contributed by atoms with Crippen LogP contribution in [0.3, 0.4) is 0 Å². The number of carbonyl (C=O) groups excluding carboxylic acids is 2. The van der Waals surface area contributed by atoms with Gasteiger partial charge in [-0.05, 0) is 80.9 Å². The van der Waals surface area contributed by atoms with Crippen LogP contribution >= 0.6 is 0 Å². The summed E-state index contributed by atoms with van der Waals surface area (Å²) in [7, 11) is 3.84. The summed E-state index contributed by atoms with van der Waals surface area (Å²) in [6.45, 7) is 5.83. The lowest BCUT2D eigenvalue weighted by atomic mass is 10.0. The van der Waals surface area contributed by atoms with Crippen LogP contribution in [0, 0.1) is 11.8 Å². The molecule has 0 aliphatic carbocycles. The summed E-state index contributed by atoms with van der Waals surface area (Å²) < 4.78 is 5.49. The van der Waals surface area contributed by atoms with Crippen molar-refractivity contribution < 1.29 is 14.3 Å². The van der Waals surface area contributed by atoms with Crippen molar-refractivity contribution in [2.24, 2.45) is 0 Å². The number of piperidine rings is 1. The minimum Gasteiger partial charge on any atom is -0.378 e. The minimum absolute atomic E-state index is 0.0478. The summed E-state index contributed by atoms with van der Waals surface area (Å²) in [5.74, 6) is 5.95. The van der Waals surface area contributed by atoms with Gasteiger partial charge in [0.05, 0.1) is 25.1 Å². The fourth-order valence-electron chi connectivity index (χ4n) is 5.81. The number of morpholine rings is 1. The number of amides is 2. The van der Waals surface area contributed by atoms with Gasteiger partial charge in [0, 0.05) is 49.8 Å². The van der Waals surface area contributed by atoms with Gasteiger partial charge in [0.25, 0.3) is 11.8 Å². The number of rotatable bonds is 8. The van der Waals surface area contributed by atoms with E-state index >= 15 is 0 Å². The standard InChI is InChI=1S/C34H39N9O3/c1-41(2)13-4-6-31(44)38-27-5-3-14-42(22-27)21-24-11-12-35-30(19-24)34(45)39-26-9-7-25(8-10-26)29-20-28-32(40-29)36-23-37-33(28)43-15-17-46-18-16-43/h7-12,19-20,23,27H,3,5,13-18,21-22H2,1-2H3,(H,38,44)(H,39,45)(H,36,37,40)/t27-/m1/s1. The van der Waals surface area contributed by atoms with E-state index in [0.29, 0.717) is 37.7 Å². The zero-order valence-corrected chi connectivity index (χ0v) is 26.3. The first-order chi connectivity index (χ1) is 22.4. The van der Waals surface area contributed by atoms with Gasteiger partial charge >= 0.3 is 0 Å². The predicted molar refractivity (Wildman–Crippen MR) is 177 cm³/mol.